The summed E-state index contributed by atoms with van der Waals surface area (Å²) in [6.07, 6.45) is 0.803. The van der Waals surface area contributed by atoms with Crippen LogP contribution in [0.2, 0.25) is 0 Å². The third kappa shape index (κ3) is 3.79. The molecule has 0 aromatic heterocycles. The molecule has 6 heteroatoms. The molecule has 0 bridgehead atoms. The van der Waals surface area contributed by atoms with Gasteiger partial charge in [-0.15, -0.1) is 0 Å². The Balaban J connectivity index is 1.63. The molecular formula is C20H23N3O3. The van der Waals surface area contributed by atoms with Crippen LogP contribution in [0.5, 0.6) is 5.75 Å². The minimum absolute atomic E-state index is 0.0387. The van der Waals surface area contributed by atoms with E-state index in [-0.39, 0.29) is 18.4 Å². The summed E-state index contributed by atoms with van der Waals surface area (Å²) in [5, 5.41) is 6.00. The number of aryl methyl sites for hydroxylation is 1. The van der Waals surface area contributed by atoms with Crippen LogP contribution < -0.4 is 20.3 Å². The Morgan fingerprint density at radius 2 is 2.00 bits per heavy atom. The lowest BCUT2D eigenvalue weighted by molar-refractivity contribution is -0.116. The summed E-state index contributed by atoms with van der Waals surface area (Å²) in [6.45, 7) is 4.38. The number of ether oxygens (including phenoxy) is 1. The van der Waals surface area contributed by atoms with Gasteiger partial charge in [-0.2, -0.15) is 0 Å². The molecule has 0 saturated heterocycles. The van der Waals surface area contributed by atoms with Gasteiger partial charge < -0.3 is 20.3 Å². The molecule has 0 fully saturated rings. The molecule has 1 aliphatic rings. The summed E-state index contributed by atoms with van der Waals surface area (Å²) >= 11 is 0. The summed E-state index contributed by atoms with van der Waals surface area (Å²) in [5.74, 6) is 0.594. The van der Waals surface area contributed by atoms with Crippen molar-refractivity contribution in [3.05, 3.63) is 47.5 Å². The Hall–Kier alpha value is -3.02. The van der Waals surface area contributed by atoms with E-state index in [0.717, 1.165) is 34.6 Å². The van der Waals surface area contributed by atoms with Gasteiger partial charge in [-0.25, -0.2) is 0 Å². The van der Waals surface area contributed by atoms with Crippen molar-refractivity contribution in [3.8, 4) is 5.75 Å². The van der Waals surface area contributed by atoms with Crippen LogP contribution in [0.25, 0.3) is 0 Å². The quantitative estimate of drug-likeness (QED) is 0.867. The predicted octanol–water partition coefficient (Wildman–Crippen LogP) is 2.96. The molecular weight excluding hydrogens is 330 g/mol. The predicted molar refractivity (Wildman–Crippen MR) is 103 cm³/mol. The van der Waals surface area contributed by atoms with Gasteiger partial charge in [0, 0.05) is 24.8 Å². The summed E-state index contributed by atoms with van der Waals surface area (Å²) in [5.41, 5.74) is 4.61. The molecule has 1 aliphatic heterocycles. The van der Waals surface area contributed by atoms with Crippen LogP contribution in [0, 0.1) is 6.92 Å². The van der Waals surface area contributed by atoms with Crippen LogP contribution in [-0.2, 0) is 16.0 Å². The zero-order valence-corrected chi connectivity index (χ0v) is 15.3. The van der Waals surface area contributed by atoms with Crippen molar-refractivity contribution >= 4 is 28.9 Å². The molecule has 0 atom stereocenters. The van der Waals surface area contributed by atoms with E-state index in [1.165, 1.54) is 0 Å². The summed E-state index contributed by atoms with van der Waals surface area (Å²) in [4.78, 5) is 25.6. The van der Waals surface area contributed by atoms with Gasteiger partial charge in [0.2, 0.25) is 11.8 Å². The topological polar surface area (TPSA) is 70.7 Å². The van der Waals surface area contributed by atoms with Crippen molar-refractivity contribution in [2.75, 3.05) is 35.7 Å². The van der Waals surface area contributed by atoms with Crippen molar-refractivity contribution in [1.29, 1.82) is 0 Å². The number of carbonyl (C=O) groups excluding carboxylic acids is 2. The van der Waals surface area contributed by atoms with Crippen LogP contribution >= 0.6 is 0 Å². The van der Waals surface area contributed by atoms with E-state index in [1.54, 1.807) is 18.9 Å². The van der Waals surface area contributed by atoms with E-state index in [9.17, 15) is 9.59 Å². The first-order valence-corrected chi connectivity index (χ1v) is 8.57. The fraction of sp³-hybridized carbons (Fsp3) is 0.300. The van der Waals surface area contributed by atoms with E-state index in [1.807, 2.05) is 43.3 Å². The molecule has 1 heterocycles. The van der Waals surface area contributed by atoms with Crippen molar-refractivity contribution in [1.82, 2.24) is 0 Å². The largest absolute Gasteiger partial charge is 0.495 e. The number of benzene rings is 2. The number of anilines is 3. The highest BCUT2D eigenvalue weighted by molar-refractivity contribution is 5.96. The van der Waals surface area contributed by atoms with Crippen LogP contribution in [-0.4, -0.2) is 32.0 Å². The number of fused-ring (bicyclic) bond motifs is 1. The molecule has 0 spiro atoms. The van der Waals surface area contributed by atoms with Gasteiger partial charge in [-0.1, -0.05) is 6.07 Å². The molecule has 2 aromatic rings. The maximum Gasteiger partial charge on any atom is 0.243 e. The molecule has 6 nitrogen and oxygen atoms in total. The van der Waals surface area contributed by atoms with E-state index < -0.39 is 0 Å². The summed E-state index contributed by atoms with van der Waals surface area (Å²) in [6, 6.07) is 11.4. The van der Waals surface area contributed by atoms with Crippen molar-refractivity contribution in [2.45, 2.75) is 20.3 Å². The number of carbonyl (C=O) groups is 2. The average Bonchev–Trinajstić information content (AvgIpc) is 3.03. The molecule has 2 aromatic carbocycles. The van der Waals surface area contributed by atoms with E-state index in [0.29, 0.717) is 12.3 Å². The molecule has 136 valence electrons. The van der Waals surface area contributed by atoms with Crippen molar-refractivity contribution in [2.24, 2.45) is 0 Å². The maximum atomic E-state index is 12.3. The highest BCUT2D eigenvalue weighted by atomic mass is 16.5. The van der Waals surface area contributed by atoms with Gasteiger partial charge in [0.25, 0.3) is 0 Å². The second kappa shape index (κ2) is 7.47. The lowest BCUT2D eigenvalue weighted by atomic mass is 10.1. The Kier molecular flexibility index (Phi) is 5.11. The second-order valence-corrected chi connectivity index (χ2v) is 6.37. The number of amides is 2. The standard InChI is InChI=1S/C20H23N3O3/c1-13-4-7-19(26-3)17(10-13)21-12-20(25)22-16-5-6-18-15(11-16)8-9-23(18)14(2)24/h4-7,10-11,21H,8-9,12H2,1-3H3,(H,22,25). The fourth-order valence-corrected chi connectivity index (χ4v) is 3.15. The Morgan fingerprint density at radius 3 is 2.73 bits per heavy atom. The number of rotatable bonds is 5. The van der Waals surface area contributed by atoms with E-state index >= 15 is 0 Å². The lowest BCUT2D eigenvalue weighted by Crippen LogP contribution is -2.25. The van der Waals surface area contributed by atoms with Gasteiger partial charge in [0.05, 0.1) is 19.3 Å². The van der Waals surface area contributed by atoms with Gasteiger partial charge in [0.15, 0.2) is 0 Å². The zero-order chi connectivity index (χ0) is 18.7. The minimum Gasteiger partial charge on any atom is -0.495 e. The second-order valence-electron chi connectivity index (χ2n) is 6.37. The smallest absolute Gasteiger partial charge is 0.243 e. The molecule has 0 unspecified atom stereocenters. The minimum atomic E-state index is -0.144. The van der Waals surface area contributed by atoms with Crippen LogP contribution in [0.15, 0.2) is 36.4 Å². The first-order valence-electron chi connectivity index (χ1n) is 8.57. The third-order valence-corrected chi connectivity index (χ3v) is 4.43. The first kappa shape index (κ1) is 17.8. The highest BCUT2D eigenvalue weighted by Crippen LogP contribution is 2.30. The molecule has 0 aliphatic carbocycles. The normalized spacial score (nSPS) is 12.5. The van der Waals surface area contributed by atoms with Gasteiger partial charge in [-0.05, 0) is 54.8 Å². The molecule has 2 amide bonds. The number of nitrogens with one attached hydrogen (secondary N) is 2. The van der Waals surface area contributed by atoms with Gasteiger partial charge >= 0.3 is 0 Å². The molecule has 2 N–H and O–H groups in total. The maximum absolute atomic E-state index is 12.3. The van der Waals surface area contributed by atoms with E-state index in [2.05, 4.69) is 10.6 Å². The Morgan fingerprint density at radius 1 is 1.19 bits per heavy atom. The number of nitrogens with zero attached hydrogens (tertiary/aromatic N) is 1. The Bertz CT molecular complexity index is 848. The number of hydrogen-bond acceptors (Lipinski definition) is 4. The van der Waals surface area contributed by atoms with Gasteiger partial charge in [-0.3, -0.25) is 9.59 Å². The lowest BCUT2D eigenvalue weighted by Gasteiger charge is -2.15. The summed E-state index contributed by atoms with van der Waals surface area (Å²) in [7, 11) is 1.60. The fourth-order valence-electron chi connectivity index (χ4n) is 3.15. The van der Waals surface area contributed by atoms with E-state index in [4.69, 9.17) is 4.74 Å². The molecule has 26 heavy (non-hydrogen) atoms. The monoisotopic (exact) mass is 353 g/mol. The summed E-state index contributed by atoms with van der Waals surface area (Å²) < 4.78 is 5.30. The van der Waals surface area contributed by atoms with Crippen LogP contribution in [0.4, 0.5) is 17.1 Å². The first-order chi connectivity index (χ1) is 12.5. The van der Waals surface area contributed by atoms with Crippen LogP contribution in [0.3, 0.4) is 0 Å². The van der Waals surface area contributed by atoms with Crippen molar-refractivity contribution in [3.63, 3.8) is 0 Å². The molecule has 0 radical (unpaired) electrons. The highest BCUT2D eigenvalue weighted by Gasteiger charge is 2.22. The van der Waals surface area contributed by atoms with Crippen LogP contribution in [0.1, 0.15) is 18.1 Å². The zero-order valence-electron chi connectivity index (χ0n) is 15.3. The number of methoxy groups -OCH3 is 1. The SMILES string of the molecule is COc1ccc(C)cc1NCC(=O)Nc1ccc2c(c1)CCN2C(C)=O. The number of hydrogen-bond donors (Lipinski definition) is 2. The van der Waals surface area contributed by atoms with Crippen molar-refractivity contribution < 1.29 is 14.3 Å². The van der Waals surface area contributed by atoms with Gasteiger partial charge in [0.1, 0.15) is 5.75 Å². The Labute approximate surface area is 153 Å². The third-order valence-electron chi connectivity index (χ3n) is 4.43. The molecule has 3 rings (SSSR count). The average molecular weight is 353 g/mol. The molecule has 0 saturated carbocycles.